The number of H-pyrrole nitrogens is 2. The van der Waals surface area contributed by atoms with Crippen LogP contribution in [0.25, 0.3) is 11.0 Å². The van der Waals surface area contributed by atoms with E-state index in [1.165, 1.54) is 0 Å². The summed E-state index contributed by atoms with van der Waals surface area (Å²) in [5.41, 5.74) is 15.5. The number of nitrogens with one attached hydrogen (secondary N) is 3. The molecule has 220 valence electrons. The number of esters is 1. The first-order chi connectivity index (χ1) is 20.3. The van der Waals surface area contributed by atoms with Crippen molar-refractivity contribution in [3.63, 3.8) is 0 Å². The Labute approximate surface area is 242 Å². The minimum Gasteiger partial charge on any atom is -0.493 e. The van der Waals surface area contributed by atoms with Crippen LogP contribution >= 0.6 is 0 Å². The zero-order chi connectivity index (χ0) is 29.6. The molecule has 2 amide bonds. The molecular formula is C29H35N9O4. The fourth-order valence-electron chi connectivity index (χ4n) is 4.80. The van der Waals surface area contributed by atoms with Gasteiger partial charge in [0, 0.05) is 19.5 Å². The van der Waals surface area contributed by atoms with E-state index >= 15 is 0 Å². The van der Waals surface area contributed by atoms with Crippen molar-refractivity contribution in [3.8, 4) is 5.75 Å². The highest BCUT2D eigenvalue weighted by Gasteiger charge is 2.26. The molecule has 0 bridgehead atoms. The molecule has 0 fully saturated rings. The zero-order valence-electron chi connectivity index (χ0n) is 23.6. The maximum Gasteiger partial charge on any atom is 0.341 e. The van der Waals surface area contributed by atoms with Gasteiger partial charge in [-0.1, -0.05) is 12.1 Å². The van der Waals surface area contributed by atoms with E-state index in [-0.39, 0.29) is 17.9 Å². The molecule has 1 aliphatic rings. The number of carbonyl (C=O) groups is 2. The molecular weight excluding hydrogens is 538 g/mol. The summed E-state index contributed by atoms with van der Waals surface area (Å²) in [4.78, 5) is 47.1. The summed E-state index contributed by atoms with van der Waals surface area (Å²) >= 11 is 0. The monoisotopic (exact) mass is 573 g/mol. The molecule has 4 aromatic rings. The van der Waals surface area contributed by atoms with Gasteiger partial charge in [-0.15, -0.1) is 0 Å². The van der Waals surface area contributed by atoms with Crippen LogP contribution < -0.4 is 21.5 Å². The topological polar surface area (TPSA) is 190 Å². The van der Waals surface area contributed by atoms with Crippen LogP contribution in [0.2, 0.25) is 0 Å². The van der Waals surface area contributed by atoms with E-state index in [0.29, 0.717) is 62.7 Å². The summed E-state index contributed by atoms with van der Waals surface area (Å²) < 4.78 is 10.9. The van der Waals surface area contributed by atoms with E-state index < -0.39 is 5.97 Å². The first-order valence-electron chi connectivity index (χ1n) is 13.9. The Hall–Kier alpha value is -5.07. The van der Waals surface area contributed by atoms with Gasteiger partial charge in [-0.3, -0.25) is 0 Å². The number of ether oxygens (including phenoxy) is 2. The first-order valence-corrected chi connectivity index (χ1v) is 13.9. The van der Waals surface area contributed by atoms with Crippen molar-refractivity contribution in [1.82, 2.24) is 30.2 Å². The molecule has 5 rings (SSSR count). The quantitative estimate of drug-likeness (QED) is 0.0827. The van der Waals surface area contributed by atoms with E-state index in [1.807, 2.05) is 19.1 Å². The lowest BCUT2D eigenvalue weighted by Crippen LogP contribution is -2.43. The van der Waals surface area contributed by atoms with Crippen molar-refractivity contribution in [1.29, 1.82) is 0 Å². The molecule has 2 aromatic carbocycles. The number of hydrogen-bond acceptors (Lipinski definition) is 7. The Kier molecular flexibility index (Phi) is 8.55. The summed E-state index contributed by atoms with van der Waals surface area (Å²) in [5, 5.41) is 2.95. The van der Waals surface area contributed by atoms with Gasteiger partial charge in [0.1, 0.15) is 23.0 Å². The van der Waals surface area contributed by atoms with Crippen molar-refractivity contribution < 1.29 is 19.1 Å². The Morgan fingerprint density at radius 2 is 1.95 bits per heavy atom. The Balaban J connectivity index is 1.13. The van der Waals surface area contributed by atoms with Crippen molar-refractivity contribution in [2.45, 2.75) is 39.2 Å². The fraction of sp³-hybridized carbons (Fsp3) is 0.345. The third-order valence-corrected chi connectivity index (χ3v) is 6.94. The van der Waals surface area contributed by atoms with E-state index in [2.05, 4.69) is 20.3 Å². The molecule has 0 radical (unpaired) electrons. The second kappa shape index (κ2) is 12.6. The number of nitrogens with zero attached hydrogens (tertiary/aromatic N) is 4. The number of hydrogen-bond donors (Lipinski definition) is 5. The summed E-state index contributed by atoms with van der Waals surface area (Å²) in [6, 6.07) is 12.3. The normalized spacial score (nSPS) is 13.3. The largest absolute Gasteiger partial charge is 0.493 e. The van der Waals surface area contributed by atoms with E-state index in [9.17, 15) is 9.59 Å². The number of fused-ring (bicyclic) bond motifs is 2. The second-order valence-electron chi connectivity index (χ2n) is 9.95. The van der Waals surface area contributed by atoms with Crippen molar-refractivity contribution in [3.05, 3.63) is 71.1 Å². The molecule has 0 spiro atoms. The maximum absolute atomic E-state index is 12.9. The SMILES string of the molecule is CCOC(=O)c1ccccc1OCCCNC(=O)N1CCc2nc(C(C)c3nc4ccc(N=C(N)N)cc4[nH]3)[nH]c2C1. The van der Waals surface area contributed by atoms with Crippen LogP contribution in [0.5, 0.6) is 5.75 Å². The molecule has 0 saturated heterocycles. The standard InChI is InChI=1S/C29H35N9O4/c1-3-41-27(39)19-7-4-5-8-24(19)42-14-6-12-32-29(40)38-13-11-21-23(16-38)37-26(35-21)17(2)25-34-20-10-9-18(33-28(30)31)15-22(20)36-25/h4-5,7-10,15,17H,3,6,11-14,16H2,1-2H3,(H,32,40)(H,34,36)(H,35,37)(H4,30,31,33). The van der Waals surface area contributed by atoms with Gasteiger partial charge in [0.15, 0.2) is 5.96 Å². The number of imidazole rings is 2. The Bertz CT molecular complexity index is 1610. The van der Waals surface area contributed by atoms with Crippen LogP contribution in [0.1, 0.15) is 59.6 Å². The molecule has 7 N–H and O–H groups in total. The van der Waals surface area contributed by atoms with Gasteiger partial charge < -0.3 is 41.1 Å². The number of amides is 2. The lowest BCUT2D eigenvalue weighted by Gasteiger charge is -2.26. The molecule has 3 heterocycles. The van der Waals surface area contributed by atoms with E-state index in [0.717, 1.165) is 34.1 Å². The molecule has 13 nitrogen and oxygen atoms in total. The number of guanidine groups is 1. The number of aromatic nitrogens is 4. The van der Waals surface area contributed by atoms with Gasteiger partial charge in [-0.25, -0.2) is 24.5 Å². The molecule has 1 aliphatic heterocycles. The Morgan fingerprint density at radius 3 is 2.76 bits per heavy atom. The summed E-state index contributed by atoms with van der Waals surface area (Å²) in [5.74, 6) is 1.47. The smallest absolute Gasteiger partial charge is 0.341 e. The van der Waals surface area contributed by atoms with E-state index in [1.54, 1.807) is 42.2 Å². The van der Waals surface area contributed by atoms with Crippen LogP contribution in [-0.2, 0) is 17.7 Å². The van der Waals surface area contributed by atoms with Crippen molar-refractivity contribution in [2.75, 3.05) is 26.3 Å². The van der Waals surface area contributed by atoms with Crippen LogP contribution in [0, 0.1) is 0 Å². The lowest BCUT2D eigenvalue weighted by atomic mass is 10.1. The number of nitrogens with two attached hydrogens (primary N) is 2. The Morgan fingerprint density at radius 1 is 1.14 bits per heavy atom. The molecule has 2 aromatic heterocycles. The first kappa shape index (κ1) is 28.5. The highest BCUT2D eigenvalue weighted by molar-refractivity contribution is 5.92. The van der Waals surface area contributed by atoms with Gasteiger partial charge in [0.05, 0.1) is 53.8 Å². The number of benzene rings is 2. The average Bonchev–Trinajstić information content (AvgIpc) is 3.60. The minimum atomic E-state index is -0.419. The number of urea groups is 1. The molecule has 0 saturated carbocycles. The van der Waals surface area contributed by atoms with Crippen molar-refractivity contribution in [2.24, 2.45) is 16.5 Å². The van der Waals surface area contributed by atoms with E-state index in [4.69, 9.17) is 30.9 Å². The zero-order valence-corrected chi connectivity index (χ0v) is 23.6. The summed E-state index contributed by atoms with van der Waals surface area (Å²) in [6.45, 7) is 5.86. The fourth-order valence-corrected chi connectivity index (χ4v) is 4.80. The number of carbonyl (C=O) groups excluding carboxylic acids is 2. The van der Waals surface area contributed by atoms with Crippen LogP contribution in [0.3, 0.4) is 0 Å². The molecule has 42 heavy (non-hydrogen) atoms. The van der Waals surface area contributed by atoms with Crippen LogP contribution in [-0.4, -0.2) is 69.1 Å². The lowest BCUT2D eigenvalue weighted by molar-refractivity contribution is 0.0521. The molecule has 0 aliphatic carbocycles. The number of aromatic amines is 2. The van der Waals surface area contributed by atoms with Gasteiger partial charge >= 0.3 is 12.0 Å². The van der Waals surface area contributed by atoms with Gasteiger partial charge in [0.2, 0.25) is 0 Å². The average molecular weight is 574 g/mol. The molecule has 1 atom stereocenters. The van der Waals surface area contributed by atoms with Crippen LogP contribution in [0.15, 0.2) is 47.5 Å². The summed E-state index contributed by atoms with van der Waals surface area (Å²) in [7, 11) is 0. The van der Waals surface area contributed by atoms with Gasteiger partial charge in [-0.05, 0) is 50.6 Å². The van der Waals surface area contributed by atoms with Crippen LogP contribution in [0.4, 0.5) is 10.5 Å². The van der Waals surface area contributed by atoms with Crippen molar-refractivity contribution >= 4 is 34.7 Å². The number of rotatable bonds is 10. The highest BCUT2D eigenvalue weighted by Crippen LogP contribution is 2.27. The molecule has 1 unspecified atom stereocenters. The second-order valence-corrected chi connectivity index (χ2v) is 9.95. The third-order valence-electron chi connectivity index (χ3n) is 6.94. The summed E-state index contributed by atoms with van der Waals surface area (Å²) in [6.07, 6.45) is 1.24. The highest BCUT2D eigenvalue weighted by atomic mass is 16.5. The van der Waals surface area contributed by atoms with Gasteiger partial charge in [0.25, 0.3) is 0 Å². The predicted molar refractivity (Wildman–Crippen MR) is 158 cm³/mol. The third kappa shape index (κ3) is 6.45. The number of aliphatic imine (C=N–C) groups is 1. The minimum absolute atomic E-state index is 0.00524. The molecule has 13 heteroatoms. The predicted octanol–water partition coefficient (Wildman–Crippen LogP) is 3.06. The number of para-hydroxylation sites is 1. The maximum atomic E-state index is 12.9. The van der Waals surface area contributed by atoms with Gasteiger partial charge in [-0.2, -0.15) is 0 Å².